The van der Waals surface area contributed by atoms with E-state index in [9.17, 15) is 4.79 Å². The Morgan fingerprint density at radius 3 is 2.92 bits per heavy atom. The molecule has 0 saturated heterocycles. The van der Waals surface area contributed by atoms with E-state index in [0.29, 0.717) is 18.7 Å². The first-order valence-corrected chi connectivity index (χ1v) is 8.61. The molecule has 1 aromatic carbocycles. The normalized spacial score (nSPS) is 13.5. The maximum atomic E-state index is 12.0. The number of amides is 1. The Morgan fingerprint density at radius 1 is 1.24 bits per heavy atom. The van der Waals surface area contributed by atoms with Gasteiger partial charge < -0.3 is 15.5 Å². The molecule has 1 aliphatic rings. The van der Waals surface area contributed by atoms with Gasteiger partial charge in [0, 0.05) is 37.7 Å². The van der Waals surface area contributed by atoms with E-state index >= 15 is 0 Å². The molecule has 0 bridgehead atoms. The average molecular weight is 337 g/mol. The number of nitrogens with zero attached hydrogens (tertiary/aromatic N) is 3. The summed E-state index contributed by atoms with van der Waals surface area (Å²) < 4.78 is 0. The molecule has 0 saturated carbocycles. The molecule has 2 N–H and O–H groups in total. The van der Waals surface area contributed by atoms with Gasteiger partial charge in [0.2, 0.25) is 0 Å². The zero-order chi connectivity index (χ0) is 17.5. The number of carbonyl (C=O) groups excluding carboxylic acids is 1. The standard InChI is InChI=1S/C19H23N5O/c1-2-21-19(24-13-9-15-6-3-4-8-17(15)24)23-12-11-22-18(25)16-7-5-10-20-14-16/h3-8,10,14H,2,9,11-13H2,1H3,(H,21,23)(H,22,25). The van der Waals surface area contributed by atoms with Crippen molar-refractivity contribution in [3.05, 3.63) is 59.9 Å². The SMILES string of the molecule is CCNC(=NCCNC(=O)c1cccnc1)N1CCc2ccccc21. The minimum Gasteiger partial charge on any atom is -0.356 e. The van der Waals surface area contributed by atoms with Crippen LogP contribution in [-0.2, 0) is 6.42 Å². The molecule has 1 aliphatic heterocycles. The van der Waals surface area contributed by atoms with Crippen LogP contribution in [0.5, 0.6) is 0 Å². The molecule has 25 heavy (non-hydrogen) atoms. The van der Waals surface area contributed by atoms with Gasteiger partial charge in [-0.25, -0.2) is 0 Å². The molecular weight excluding hydrogens is 314 g/mol. The molecule has 0 fully saturated rings. The molecule has 130 valence electrons. The lowest BCUT2D eigenvalue weighted by Gasteiger charge is -2.22. The van der Waals surface area contributed by atoms with Gasteiger partial charge in [-0.15, -0.1) is 0 Å². The van der Waals surface area contributed by atoms with Crippen LogP contribution in [0.15, 0.2) is 53.8 Å². The van der Waals surface area contributed by atoms with Crippen LogP contribution in [0.2, 0.25) is 0 Å². The minimum atomic E-state index is -0.125. The molecule has 2 heterocycles. The van der Waals surface area contributed by atoms with E-state index in [1.165, 1.54) is 11.3 Å². The number of benzene rings is 1. The van der Waals surface area contributed by atoms with Crippen molar-refractivity contribution in [2.45, 2.75) is 13.3 Å². The van der Waals surface area contributed by atoms with Crippen LogP contribution in [0.4, 0.5) is 5.69 Å². The van der Waals surface area contributed by atoms with Crippen molar-refractivity contribution in [3.8, 4) is 0 Å². The highest BCUT2D eigenvalue weighted by molar-refractivity contribution is 5.98. The summed E-state index contributed by atoms with van der Waals surface area (Å²) in [6.07, 6.45) is 4.24. The van der Waals surface area contributed by atoms with E-state index in [2.05, 4.69) is 56.7 Å². The highest BCUT2D eigenvalue weighted by atomic mass is 16.1. The van der Waals surface area contributed by atoms with Crippen LogP contribution < -0.4 is 15.5 Å². The fourth-order valence-electron chi connectivity index (χ4n) is 2.88. The number of anilines is 1. The zero-order valence-electron chi connectivity index (χ0n) is 14.4. The van der Waals surface area contributed by atoms with Gasteiger partial charge in [0.1, 0.15) is 0 Å². The maximum absolute atomic E-state index is 12.0. The first kappa shape index (κ1) is 17.0. The highest BCUT2D eigenvalue weighted by Gasteiger charge is 2.22. The second-order valence-electron chi connectivity index (χ2n) is 5.76. The van der Waals surface area contributed by atoms with Gasteiger partial charge in [-0.1, -0.05) is 18.2 Å². The van der Waals surface area contributed by atoms with Crippen LogP contribution in [0.25, 0.3) is 0 Å². The third-order valence-corrected chi connectivity index (χ3v) is 4.06. The van der Waals surface area contributed by atoms with Crippen molar-refractivity contribution in [3.63, 3.8) is 0 Å². The van der Waals surface area contributed by atoms with E-state index in [1.807, 2.05) is 0 Å². The van der Waals surface area contributed by atoms with Gasteiger partial charge in [0.05, 0.1) is 12.1 Å². The number of aliphatic imine (C=N–C) groups is 1. The number of fused-ring (bicyclic) bond motifs is 1. The number of pyridine rings is 1. The Morgan fingerprint density at radius 2 is 2.12 bits per heavy atom. The van der Waals surface area contributed by atoms with Crippen molar-refractivity contribution in [2.24, 2.45) is 4.99 Å². The van der Waals surface area contributed by atoms with Crippen LogP contribution in [-0.4, -0.2) is 43.0 Å². The molecule has 1 aromatic heterocycles. The molecule has 1 amide bonds. The maximum Gasteiger partial charge on any atom is 0.252 e. The Balaban J connectivity index is 1.59. The highest BCUT2D eigenvalue weighted by Crippen LogP contribution is 2.27. The quantitative estimate of drug-likeness (QED) is 0.496. The molecule has 6 nitrogen and oxygen atoms in total. The number of hydrogen-bond donors (Lipinski definition) is 2. The lowest BCUT2D eigenvalue weighted by molar-refractivity contribution is 0.0954. The van der Waals surface area contributed by atoms with Gasteiger partial charge in [-0.05, 0) is 37.1 Å². The summed E-state index contributed by atoms with van der Waals surface area (Å²) in [6, 6.07) is 11.9. The van der Waals surface area contributed by atoms with E-state index < -0.39 is 0 Å². The number of rotatable bonds is 5. The monoisotopic (exact) mass is 337 g/mol. The van der Waals surface area contributed by atoms with E-state index in [0.717, 1.165) is 25.5 Å². The largest absolute Gasteiger partial charge is 0.356 e. The number of aromatic nitrogens is 1. The molecule has 3 rings (SSSR count). The van der Waals surface area contributed by atoms with Crippen molar-refractivity contribution in [2.75, 3.05) is 31.1 Å². The summed E-state index contributed by atoms with van der Waals surface area (Å²) >= 11 is 0. The Hall–Kier alpha value is -2.89. The molecule has 0 unspecified atom stereocenters. The van der Waals surface area contributed by atoms with E-state index in [-0.39, 0.29) is 5.91 Å². The van der Waals surface area contributed by atoms with Crippen LogP contribution in [0.3, 0.4) is 0 Å². The van der Waals surface area contributed by atoms with Gasteiger partial charge in [-0.3, -0.25) is 14.8 Å². The Bertz CT molecular complexity index is 744. The summed E-state index contributed by atoms with van der Waals surface area (Å²) in [6.45, 7) is 4.79. The third-order valence-electron chi connectivity index (χ3n) is 4.06. The Labute approximate surface area is 148 Å². The first-order valence-electron chi connectivity index (χ1n) is 8.61. The molecule has 0 radical (unpaired) electrons. The van der Waals surface area contributed by atoms with Crippen LogP contribution >= 0.6 is 0 Å². The van der Waals surface area contributed by atoms with Crippen molar-refractivity contribution >= 4 is 17.6 Å². The lowest BCUT2D eigenvalue weighted by atomic mass is 10.2. The number of hydrogen-bond acceptors (Lipinski definition) is 3. The minimum absolute atomic E-state index is 0.125. The van der Waals surface area contributed by atoms with Crippen LogP contribution in [0.1, 0.15) is 22.8 Å². The molecular formula is C19H23N5O. The molecule has 0 spiro atoms. The summed E-state index contributed by atoms with van der Waals surface area (Å²) in [4.78, 5) is 22.8. The summed E-state index contributed by atoms with van der Waals surface area (Å²) in [7, 11) is 0. The third kappa shape index (κ3) is 4.15. The zero-order valence-corrected chi connectivity index (χ0v) is 14.4. The molecule has 0 atom stereocenters. The number of guanidine groups is 1. The second-order valence-corrected chi connectivity index (χ2v) is 5.76. The van der Waals surface area contributed by atoms with Gasteiger partial charge in [-0.2, -0.15) is 0 Å². The van der Waals surface area contributed by atoms with Crippen LogP contribution in [0, 0.1) is 0 Å². The number of carbonyl (C=O) groups is 1. The average Bonchev–Trinajstić information content (AvgIpc) is 3.09. The fourth-order valence-corrected chi connectivity index (χ4v) is 2.88. The molecule has 2 aromatic rings. The first-order chi connectivity index (χ1) is 12.3. The van der Waals surface area contributed by atoms with E-state index in [4.69, 9.17) is 0 Å². The molecule has 6 heteroatoms. The summed E-state index contributed by atoms with van der Waals surface area (Å²) in [5, 5.41) is 6.21. The van der Waals surface area contributed by atoms with Crippen molar-refractivity contribution in [1.82, 2.24) is 15.6 Å². The lowest BCUT2D eigenvalue weighted by Crippen LogP contribution is -2.41. The van der Waals surface area contributed by atoms with Crippen molar-refractivity contribution < 1.29 is 4.79 Å². The predicted octanol–water partition coefficient (Wildman–Crippen LogP) is 1.84. The van der Waals surface area contributed by atoms with E-state index in [1.54, 1.807) is 24.5 Å². The second kappa shape index (κ2) is 8.28. The fraction of sp³-hybridized carbons (Fsp3) is 0.316. The Kier molecular flexibility index (Phi) is 5.61. The van der Waals surface area contributed by atoms with Gasteiger partial charge in [0.25, 0.3) is 5.91 Å². The summed E-state index contributed by atoms with van der Waals surface area (Å²) in [5.74, 6) is 0.739. The summed E-state index contributed by atoms with van der Waals surface area (Å²) in [5.41, 5.74) is 3.12. The van der Waals surface area contributed by atoms with Gasteiger partial charge >= 0.3 is 0 Å². The predicted molar refractivity (Wildman–Crippen MR) is 100 cm³/mol. The molecule has 0 aliphatic carbocycles. The van der Waals surface area contributed by atoms with Crippen molar-refractivity contribution in [1.29, 1.82) is 0 Å². The number of para-hydroxylation sites is 1. The topological polar surface area (TPSA) is 69.6 Å². The van der Waals surface area contributed by atoms with Gasteiger partial charge in [0.15, 0.2) is 5.96 Å². The number of nitrogens with one attached hydrogen (secondary N) is 2. The smallest absolute Gasteiger partial charge is 0.252 e.